The Morgan fingerprint density at radius 1 is 0.724 bits per heavy atom. The number of amides is 2. The van der Waals surface area contributed by atoms with Crippen LogP contribution >= 0.6 is 0 Å². The van der Waals surface area contributed by atoms with Gasteiger partial charge in [-0.1, -0.05) is 59.3 Å². The number of unbranched alkanes of at least 4 members (excludes halogenated alkanes) is 4. The molecule has 6 heteroatoms. The molecule has 2 amide bonds. The van der Waals surface area contributed by atoms with Gasteiger partial charge in [-0.05, 0) is 33.1 Å². The van der Waals surface area contributed by atoms with Crippen molar-refractivity contribution in [3.05, 3.63) is 0 Å². The van der Waals surface area contributed by atoms with E-state index in [0.717, 1.165) is 44.9 Å². The fourth-order valence-corrected chi connectivity index (χ4v) is 3.26. The van der Waals surface area contributed by atoms with Crippen LogP contribution in [-0.4, -0.2) is 35.5 Å². The van der Waals surface area contributed by atoms with Crippen LogP contribution in [-0.2, 0) is 19.2 Å². The monoisotopic (exact) mass is 410 g/mol. The summed E-state index contributed by atoms with van der Waals surface area (Å²) in [6, 6.07) is -0.981. The quantitative estimate of drug-likeness (QED) is 0.353. The van der Waals surface area contributed by atoms with Crippen LogP contribution in [0.1, 0.15) is 105 Å². The second-order valence-corrected chi connectivity index (χ2v) is 8.31. The summed E-state index contributed by atoms with van der Waals surface area (Å²) in [7, 11) is 0. The van der Waals surface area contributed by atoms with Gasteiger partial charge in [-0.25, -0.2) is 0 Å². The van der Waals surface area contributed by atoms with Crippen LogP contribution in [0.2, 0.25) is 0 Å². The van der Waals surface area contributed by atoms with Gasteiger partial charge in [0.2, 0.25) is 11.8 Å². The molecule has 0 aliphatic heterocycles. The van der Waals surface area contributed by atoms with E-state index >= 15 is 0 Å². The van der Waals surface area contributed by atoms with E-state index < -0.39 is 6.04 Å². The van der Waals surface area contributed by atoms with Crippen LogP contribution < -0.4 is 10.6 Å². The first-order chi connectivity index (χ1) is 13.7. The highest BCUT2D eigenvalue weighted by atomic mass is 16.2. The number of ketones is 2. The second-order valence-electron chi connectivity index (χ2n) is 8.31. The maximum atomic E-state index is 12.9. The van der Waals surface area contributed by atoms with E-state index in [4.69, 9.17) is 0 Å². The van der Waals surface area contributed by atoms with Crippen molar-refractivity contribution in [2.75, 3.05) is 0 Å². The van der Waals surface area contributed by atoms with Gasteiger partial charge in [0.15, 0.2) is 0 Å². The van der Waals surface area contributed by atoms with Crippen molar-refractivity contribution < 1.29 is 19.2 Å². The van der Waals surface area contributed by atoms with E-state index in [1.54, 1.807) is 0 Å². The van der Waals surface area contributed by atoms with Crippen molar-refractivity contribution in [1.82, 2.24) is 10.6 Å². The molecule has 0 fully saturated rings. The maximum absolute atomic E-state index is 12.9. The summed E-state index contributed by atoms with van der Waals surface area (Å²) in [4.78, 5) is 48.3. The second kappa shape index (κ2) is 16.1. The van der Waals surface area contributed by atoms with Crippen molar-refractivity contribution in [2.45, 2.75) is 117 Å². The molecule has 0 saturated carbocycles. The van der Waals surface area contributed by atoms with Gasteiger partial charge in [0.25, 0.3) is 0 Å². The highest BCUT2D eigenvalue weighted by molar-refractivity contribution is 5.89. The van der Waals surface area contributed by atoms with Gasteiger partial charge in [0.1, 0.15) is 17.6 Å². The van der Waals surface area contributed by atoms with Crippen LogP contribution in [0.4, 0.5) is 0 Å². The van der Waals surface area contributed by atoms with E-state index in [2.05, 4.69) is 24.5 Å². The first kappa shape index (κ1) is 27.3. The number of Topliss-reactive ketones (excluding diaryl/α,β-unsaturated/α-hetero) is 2. The lowest BCUT2D eigenvalue weighted by molar-refractivity contribution is -0.131. The highest BCUT2D eigenvalue weighted by Crippen LogP contribution is 2.12. The van der Waals surface area contributed by atoms with Crippen LogP contribution in [0.25, 0.3) is 0 Å². The van der Waals surface area contributed by atoms with Gasteiger partial charge in [0.05, 0.1) is 0 Å². The molecule has 0 bridgehead atoms. The van der Waals surface area contributed by atoms with Crippen LogP contribution in [0.3, 0.4) is 0 Å². The topological polar surface area (TPSA) is 92.3 Å². The van der Waals surface area contributed by atoms with Gasteiger partial charge in [-0.15, -0.1) is 0 Å². The minimum atomic E-state index is -0.602. The van der Waals surface area contributed by atoms with E-state index in [9.17, 15) is 19.2 Å². The van der Waals surface area contributed by atoms with Crippen LogP contribution in [0.5, 0.6) is 0 Å². The zero-order valence-electron chi connectivity index (χ0n) is 19.1. The number of hydrogen-bond donors (Lipinski definition) is 2. The molecule has 0 spiro atoms. The molecule has 0 heterocycles. The Bertz CT molecular complexity index is 519. The average Bonchev–Trinajstić information content (AvgIpc) is 2.64. The Kier molecular flexibility index (Phi) is 15.2. The zero-order chi connectivity index (χ0) is 22.2. The van der Waals surface area contributed by atoms with E-state index in [0.29, 0.717) is 19.3 Å². The van der Waals surface area contributed by atoms with Crippen molar-refractivity contribution >= 4 is 23.4 Å². The molecule has 6 nitrogen and oxygen atoms in total. The van der Waals surface area contributed by atoms with Gasteiger partial charge < -0.3 is 15.4 Å². The number of carbonyl (C=O) groups is 4. The number of hydrogen-bond acceptors (Lipinski definition) is 4. The highest BCUT2D eigenvalue weighted by Gasteiger charge is 2.25. The fraction of sp³-hybridized carbons (Fsp3) is 0.826. The summed E-state index contributed by atoms with van der Waals surface area (Å²) < 4.78 is 0. The minimum Gasteiger partial charge on any atom is -0.351 e. The minimum absolute atomic E-state index is 0.0292. The fourth-order valence-electron chi connectivity index (χ4n) is 3.26. The average molecular weight is 411 g/mol. The summed E-state index contributed by atoms with van der Waals surface area (Å²) in [6.45, 7) is 9.10. The lowest BCUT2D eigenvalue weighted by Crippen LogP contribution is -2.51. The lowest BCUT2D eigenvalue weighted by atomic mass is 10.00. The van der Waals surface area contributed by atoms with Crippen LogP contribution in [0, 0.1) is 5.92 Å². The summed E-state index contributed by atoms with van der Waals surface area (Å²) in [5.74, 6) is -0.486. The molecule has 0 aliphatic rings. The van der Waals surface area contributed by atoms with Crippen molar-refractivity contribution in [2.24, 2.45) is 5.92 Å². The van der Waals surface area contributed by atoms with Gasteiger partial charge >= 0.3 is 0 Å². The Labute approximate surface area is 177 Å². The van der Waals surface area contributed by atoms with E-state index in [1.807, 2.05) is 6.92 Å². The molecule has 0 radical (unpaired) electrons. The normalized spacial score (nSPS) is 14.0. The largest absolute Gasteiger partial charge is 0.351 e. The predicted molar refractivity (Wildman–Crippen MR) is 117 cm³/mol. The predicted octanol–water partition coefficient (Wildman–Crippen LogP) is 4.10. The molecule has 3 atom stereocenters. The maximum Gasteiger partial charge on any atom is 0.242 e. The molecular weight excluding hydrogens is 368 g/mol. The molecule has 2 N–H and O–H groups in total. The lowest BCUT2D eigenvalue weighted by Gasteiger charge is -2.24. The summed E-state index contributed by atoms with van der Waals surface area (Å²) >= 11 is 0. The number of nitrogens with one attached hydrogen (secondary N) is 2. The standard InChI is InChI=1S/C23H42N2O4/c1-6-8-10-12-17(3)22(28)25-21(13-11-9-7-2)23(29)24-20(16-19(5)27)15-14-18(4)26/h17,20-21H,6-16H2,1-5H3,(H,24,29)(H,25,28). The zero-order valence-corrected chi connectivity index (χ0v) is 19.1. The summed E-state index contributed by atoms with van der Waals surface area (Å²) in [5.41, 5.74) is 0. The van der Waals surface area contributed by atoms with E-state index in [-0.39, 0.29) is 41.8 Å². The van der Waals surface area contributed by atoms with Gasteiger partial charge in [-0.2, -0.15) is 0 Å². The molecule has 3 unspecified atom stereocenters. The first-order valence-corrected chi connectivity index (χ1v) is 11.3. The molecule has 0 aromatic carbocycles. The number of rotatable bonds is 17. The summed E-state index contributed by atoms with van der Waals surface area (Å²) in [6.07, 6.45) is 8.42. The molecule has 0 aromatic rings. The smallest absolute Gasteiger partial charge is 0.242 e. The molecule has 0 rings (SSSR count). The van der Waals surface area contributed by atoms with Gasteiger partial charge in [-0.3, -0.25) is 14.4 Å². The molecule has 0 aliphatic carbocycles. The third-order valence-electron chi connectivity index (χ3n) is 5.14. The Morgan fingerprint density at radius 3 is 1.83 bits per heavy atom. The molecule has 0 saturated heterocycles. The van der Waals surface area contributed by atoms with Gasteiger partial charge in [0, 0.05) is 24.8 Å². The third kappa shape index (κ3) is 14.0. The number of carbonyl (C=O) groups excluding carboxylic acids is 4. The Hall–Kier alpha value is -1.72. The van der Waals surface area contributed by atoms with Crippen molar-refractivity contribution in [3.8, 4) is 0 Å². The third-order valence-corrected chi connectivity index (χ3v) is 5.14. The Morgan fingerprint density at radius 2 is 1.31 bits per heavy atom. The van der Waals surface area contributed by atoms with E-state index in [1.165, 1.54) is 13.8 Å². The SMILES string of the molecule is CCCCCC(C)C(=O)NC(CCCCC)C(=O)NC(CCC(C)=O)CC(C)=O. The summed E-state index contributed by atoms with van der Waals surface area (Å²) in [5, 5.41) is 5.82. The molecule has 29 heavy (non-hydrogen) atoms. The van der Waals surface area contributed by atoms with Crippen molar-refractivity contribution in [1.29, 1.82) is 0 Å². The molecule has 0 aromatic heterocycles. The van der Waals surface area contributed by atoms with Crippen LogP contribution in [0.15, 0.2) is 0 Å². The molecular formula is C23H42N2O4. The Balaban J connectivity index is 4.98. The first-order valence-electron chi connectivity index (χ1n) is 11.3. The van der Waals surface area contributed by atoms with Crippen molar-refractivity contribution in [3.63, 3.8) is 0 Å². The molecule has 168 valence electrons.